The van der Waals surface area contributed by atoms with Crippen LogP contribution in [0.2, 0.25) is 29.7 Å². The topological polar surface area (TPSA) is 108 Å². The van der Waals surface area contributed by atoms with Crippen LogP contribution in [0, 0.1) is 11.5 Å². The monoisotopic (exact) mass is 622 g/mol. The summed E-state index contributed by atoms with van der Waals surface area (Å²) in [6, 6.07) is 17.0. The molecular formula is C32H32Cl2N2O5Si. The number of aliphatic hydroxyl groups is 2. The van der Waals surface area contributed by atoms with Crippen molar-refractivity contribution in [3.63, 3.8) is 0 Å². The third kappa shape index (κ3) is 5.81. The average Bonchev–Trinajstić information content (AvgIpc) is 3.22. The summed E-state index contributed by atoms with van der Waals surface area (Å²) in [6.45, 7) is 5.77. The second-order valence-electron chi connectivity index (χ2n) is 11.7. The molecule has 1 fully saturated rings. The molecular weight excluding hydrogens is 591 g/mol. The van der Waals surface area contributed by atoms with Gasteiger partial charge >= 0.3 is 0 Å². The minimum absolute atomic E-state index is 0.0425. The molecule has 2 heterocycles. The lowest BCUT2D eigenvalue weighted by molar-refractivity contribution is -0.131. The molecule has 0 bridgehead atoms. The van der Waals surface area contributed by atoms with E-state index in [-0.39, 0.29) is 24.8 Å². The van der Waals surface area contributed by atoms with Crippen molar-refractivity contribution in [2.45, 2.75) is 49.5 Å². The van der Waals surface area contributed by atoms with Crippen molar-refractivity contribution in [2.24, 2.45) is 0 Å². The van der Waals surface area contributed by atoms with E-state index < -0.39 is 38.2 Å². The van der Waals surface area contributed by atoms with Gasteiger partial charge in [0, 0.05) is 39.2 Å². The highest BCUT2D eigenvalue weighted by Crippen LogP contribution is 2.58. The average molecular weight is 624 g/mol. The van der Waals surface area contributed by atoms with Crippen LogP contribution in [0.25, 0.3) is 0 Å². The Morgan fingerprint density at radius 1 is 1.07 bits per heavy atom. The molecule has 0 aromatic heterocycles. The zero-order chi connectivity index (χ0) is 30.2. The van der Waals surface area contributed by atoms with E-state index in [1.165, 1.54) is 0 Å². The second kappa shape index (κ2) is 11.7. The van der Waals surface area contributed by atoms with E-state index in [4.69, 9.17) is 27.9 Å². The first-order valence-corrected chi connectivity index (χ1v) is 17.9. The van der Waals surface area contributed by atoms with Crippen LogP contribution in [-0.4, -0.2) is 49.4 Å². The predicted octanol–water partition coefficient (Wildman–Crippen LogP) is 5.19. The van der Waals surface area contributed by atoms with Gasteiger partial charge in [-0.1, -0.05) is 67.0 Å². The van der Waals surface area contributed by atoms with E-state index in [1.807, 2.05) is 24.3 Å². The molecule has 3 aromatic rings. The molecule has 0 saturated carbocycles. The summed E-state index contributed by atoms with van der Waals surface area (Å²) in [7, 11) is -1.73. The fourth-order valence-corrected chi connectivity index (χ4v) is 6.64. The second-order valence-corrected chi connectivity index (χ2v) is 17.3. The minimum Gasteiger partial charge on any atom is -0.490 e. The van der Waals surface area contributed by atoms with Crippen LogP contribution >= 0.6 is 23.2 Å². The van der Waals surface area contributed by atoms with Crippen molar-refractivity contribution < 1.29 is 24.5 Å². The number of hydrogen-bond acceptors (Lipinski definition) is 5. The third-order valence-corrected chi connectivity index (χ3v) is 8.89. The highest BCUT2D eigenvalue weighted by Gasteiger charge is 2.61. The Labute approximate surface area is 256 Å². The standard InChI is InChI=1S/C32H32Cl2N2O5Si/c1-42(2,3)12-11-19-7-10-28(41-18-23(38)17-37)24(13-19)30-32(25-9-8-22(34)15-27(25)35-31(32)40)26(16-29(39)36-30)20-5-4-6-21(33)14-20/h4-10,13-15,23,26,30,37-38H,16-18H2,1-3H3,(H,35,40)(H,36,39). The fraction of sp³-hybridized carbons (Fsp3) is 0.312. The van der Waals surface area contributed by atoms with Gasteiger partial charge in [-0.2, -0.15) is 0 Å². The van der Waals surface area contributed by atoms with Gasteiger partial charge in [-0.3, -0.25) is 9.59 Å². The molecule has 4 atom stereocenters. The summed E-state index contributed by atoms with van der Waals surface area (Å²) in [5, 5.41) is 26.5. The van der Waals surface area contributed by atoms with Crippen LogP contribution in [0.4, 0.5) is 5.69 Å². The van der Waals surface area contributed by atoms with Crippen molar-refractivity contribution in [3.8, 4) is 17.2 Å². The van der Waals surface area contributed by atoms with E-state index in [1.54, 1.807) is 36.4 Å². The van der Waals surface area contributed by atoms with E-state index >= 15 is 0 Å². The third-order valence-electron chi connectivity index (χ3n) is 7.55. The van der Waals surface area contributed by atoms with Crippen molar-refractivity contribution in [1.29, 1.82) is 0 Å². The Kier molecular flexibility index (Phi) is 8.43. The summed E-state index contributed by atoms with van der Waals surface area (Å²) in [5.41, 5.74) is 5.28. The summed E-state index contributed by atoms with van der Waals surface area (Å²) in [4.78, 5) is 27.8. The van der Waals surface area contributed by atoms with Crippen LogP contribution < -0.4 is 15.4 Å². The zero-order valence-electron chi connectivity index (χ0n) is 23.5. The molecule has 10 heteroatoms. The lowest BCUT2D eigenvalue weighted by atomic mass is 9.59. The zero-order valence-corrected chi connectivity index (χ0v) is 26.0. The van der Waals surface area contributed by atoms with Crippen LogP contribution in [0.5, 0.6) is 5.75 Å². The predicted molar refractivity (Wildman–Crippen MR) is 167 cm³/mol. The van der Waals surface area contributed by atoms with Crippen LogP contribution in [0.1, 0.15) is 40.6 Å². The summed E-state index contributed by atoms with van der Waals surface area (Å²) < 4.78 is 6.01. The number of hydrogen-bond donors (Lipinski definition) is 4. The normalized spacial score (nSPS) is 22.1. The lowest BCUT2D eigenvalue weighted by Crippen LogP contribution is -2.57. The number of piperidine rings is 1. The van der Waals surface area contributed by atoms with Gasteiger partial charge in [0.05, 0.1) is 12.6 Å². The number of nitrogens with one attached hydrogen (secondary N) is 2. The molecule has 2 aliphatic rings. The summed E-state index contributed by atoms with van der Waals surface area (Å²) in [6.07, 6.45) is -1.07. The highest BCUT2D eigenvalue weighted by molar-refractivity contribution is 6.83. The number of ether oxygens (including phenoxy) is 1. The number of carbonyl (C=O) groups is 2. The molecule has 7 nitrogen and oxygen atoms in total. The molecule has 4 unspecified atom stereocenters. The Morgan fingerprint density at radius 3 is 2.55 bits per heavy atom. The van der Waals surface area contributed by atoms with Gasteiger partial charge in [-0.05, 0) is 53.6 Å². The maximum Gasteiger partial charge on any atom is 0.238 e. The van der Waals surface area contributed by atoms with Crippen molar-refractivity contribution in [1.82, 2.24) is 5.32 Å². The number of carbonyl (C=O) groups excluding carboxylic acids is 2. The van der Waals surface area contributed by atoms with E-state index in [0.717, 1.165) is 5.56 Å². The van der Waals surface area contributed by atoms with Crippen LogP contribution in [0.15, 0.2) is 60.7 Å². The smallest absolute Gasteiger partial charge is 0.238 e. The first-order chi connectivity index (χ1) is 19.9. The Bertz CT molecular complexity index is 1610. The molecule has 1 saturated heterocycles. The van der Waals surface area contributed by atoms with Gasteiger partial charge in [0.25, 0.3) is 0 Å². The molecule has 42 heavy (non-hydrogen) atoms. The number of halogens is 2. The summed E-state index contributed by atoms with van der Waals surface area (Å²) >= 11 is 12.8. The van der Waals surface area contributed by atoms with Crippen molar-refractivity contribution in [2.75, 3.05) is 18.5 Å². The van der Waals surface area contributed by atoms with Gasteiger partial charge < -0.3 is 25.6 Å². The van der Waals surface area contributed by atoms with Gasteiger partial charge in [0.15, 0.2) is 0 Å². The number of aliphatic hydroxyl groups excluding tert-OH is 2. The molecule has 5 rings (SSSR count). The Hall–Kier alpha value is -3.32. The van der Waals surface area contributed by atoms with Gasteiger partial charge in [-0.15, -0.1) is 5.54 Å². The first kappa shape index (κ1) is 30.1. The van der Waals surface area contributed by atoms with Crippen molar-refractivity contribution in [3.05, 3.63) is 93.0 Å². The maximum atomic E-state index is 14.4. The number of rotatable bonds is 6. The number of amides is 2. The van der Waals surface area contributed by atoms with E-state index in [2.05, 4.69) is 41.7 Å². The van der Waals surface area contributed by atoms with Gasteiger partial charge in [-0.25, -0.2) is 0 Å². The Balaban J connectivity index is 1.78. The number of anilines is 1. The minimum atomic E-state index is -1.73. The van der Waals surface area contributed by atoms with Crippen LogP contribution in [-0.2, 0) is 15.0 Å². The number of fused-ring (bicyclic) bond motifs is 2. The molecule has 2 aliphatic heterocycles. The molecule has 218 valence electrons. The highest BCUT2D eigenvalue weighted by atomic mass is 35.5. The van der Waals surface area contributed by atoms with E-state index in [0.29, 0.717) is 38.2 Å². The molecule has 0 radical (unpaired) electrons. The first-order valence-electron chi connectivity index (χ1n) is 13.7. The maximum absolute atomic E-state index is 14.4. The van der Waals surface area contributed by atoms with Crippen molar-refractivity contribution >= 4 is 48.8 Å². The molecule has 4 N–H and O–H groups in total. The summed E-state index contributed by atoms with van der Waals surface area (Å²) in [5.74, 6) is 2.48. The quantitative estimate of drug-likeness (QED) is 0.224. The Morgan fingerprint density at radius 2 is 1.83 bits per heavy atom. The molecule has 1 spiro atoms. The SMILES string of the molecule is C[Si](C)(C)C#Cc1ccc(OCC(O)CO)c(C2NC(=O)CC(c3cccc(Cl)c3)C23C(=O)Nc2cc(Cl)ccc23)c1. The van der Waals surface area contributed by atoms with Gasteiger partial charge in [0.1, 0.15) is 31.9 Å². The van der Waals surface area contributed by atoms with Crippen LogP contribution in [0.3, 0.4) is 0 Å². The molecule has 2 amide bonds. The van der Waals surface area contributed by atoms with Gasteiger partial charge in [0.2, 0.25) is 11.8 Å². The number of benzene rings is 3. The molecule has 0 aliphatic carbocycles. The largest absolute Gasteiger partial charge is 0.490 e. The van der Waals surface area contributed by atoms with E-state index in [9.17, 15) is 19.8 Å². The fourth-order valence-electron chi connectivity index (χ4n) is 5.75. The lowest BCUT2D eigenvalue weighted by Gasteiger charge is -2.46. The molecule has 3 aromatic carbocycles.